The molecule has 2 aliphatic rings. The first-order valence-corrected chi connectivity index (χ1v) is 26.8. The van der Waals surface area contributed by atoms with Gasteiger partial charge in [0.15, 0.2) is 11.2 Å². The van der Waals surface area contributed by atoms with Crippen molar-refractivity contribution < 1.29 is 28.4 Å². The van der Waals surface area contributed by atoms with Gasteiger partial charge in [-0.1, -0.05) is 178 Å². The van der Waals surface area contributed by atoms with Gasteiger partial charge in [0.25, 0.3) is 0 Å². The zero-order valence-corrected chi connectivity index (χ0v) is 42.4. The Hall–Kier alpha value is -6.14. The highest BCUT2D eigenvalue weighted by molar-refractivity contribution is 6.02. The minimum absolute atomic E-state index is 0.708. The molecule has 6 aromatic rings. The van der Waals surface area contributed by atoms with Gasteiger partial charge in [-0.2, -0.15) is 0 Å². The van der Waals surface area contributed by atoms with Gasteiger partial charge >= 0.3 is 0 Å². The van der Waals surface area contributed by atoms with Crippen molar-refractivity contribution in [3.63, 3.8) is 0 Å². The average molecular weight is 941 g/mol. The molecule has 0 radical (unpaired) electrons. The Morgan fingerprint density at radius 3 is 0.857 bits per heavy atom. The van der Waals surface area contributed by atoms with Crippen LogP contribution >= 0.6 is 0 Å². The standard InChI is InChI=1S/C64H76O6/c1-5-9-13-19-45-65-53-33-25-49(26-34-53)63(50-27-35-54(36-28-50)66-46-20-14-10-6-2)43-41-59-60-42-44-64(51-29-37-55(38-30-51)67-47-21-15-11-7-3,52-31-39-56(40-32-52)68-48-22-16-12-8-4)70-62(60)58-24-18-17-23-57(58)61(59)69-63/h17-18,23-44H,5-16,19-22,45-48H2,1-4H3. The third kappa shape index (κ3) is 11.9. The number of unbranched alkanes of at least 4 members (excludes halogenated alkanes) is 12. The lowest BCUT2D eigenvalue weighted by molar-refractivity contribution is 0.157. The summed E-state index contributed by atoms with van der Waals surface area (Å²) >= 11 is 0. The lowest BCUT2D eigenvalue weighted by Crippen LogP contribution is -2.36. The second-order valence-electron chi connectivity index (χ2n) is 19.1. The van der Waals surface area contributed by atoms with Crippen LogP contribution in [0, 0.1) is 0 Å². The monoisotopic (exact) mass is 941 g/mol. The van der Waals surface area contributed by atoms with Crippen molar-refractivity contribution in [1.29, 1.82) is 0 Å². The molecule has 0 aliphatic carbocycles. The molecule has 0 amide bonds. The van der Waals surface area contributed by atoms with Crippen molar-refractivity contribution in [2.45, 2.75) is 142 Å². The number of benzene rings is 6. The Morgan fingerprint density at radius 2 is 0.600 bits per heavy atom. The molecular formula is C64H76O6. The van der Waals surface area contributed by atoms with Crippen LogP contribution in [-0.4, -0.2) is 26.4 Å². The van der Waals surface area contributed by atoms with Gasteiger partial charge in [-0.3, -0.25) is 0 Å². The van der Waals surface area contributed by atoms with Crippen LogP contribution in [0.15, 0.2) is 133 Å². The highest BCUT2D eigenvalue weighted by Gasteiger charge is 2.42. The molecule has 0 aromatic heterocycles. The number of rotatable bonds is 28. The van der Waals surface area contributed by atoms with E-state index in [0.29, 0.717) is 26.4 Å². The summed E-state index contributed by atoms with van der Waals surface area (Å²) in [6.07, 6.45) is 27.5. The summed E-state index contributed by atoms with van der Waals surface area (Å²) in [6.45, 7) is 11.8. The van der Waals surface area contributed by atoms with E-state index in [2.05, 4.69) is 173 Å². The maximum Gasteiger partial charge on any atom is 0.178 e. The molecule has 2 aliphatic heterocycles. The predicted molar refractivity (Wildman–Crippen MR) is 289 cm³/mol. The Balaban J connectivity index is 1.16. The molecule has 0 saturated heterocycles. The Labute approximate surface area is 419 Å². The second kappa shape index (κ2) is 25.1. The van der Waals surface area contributed by atoms with Crippen LogP contribution in [-0.2, 0) is 11.2 Å². The van der Waals surface area contributed by atoms with E-state index in [4.69, 9.17) is 28.4 Å². The SMILES string of the molecule is CCCCCCOc1ccc(C2(c3ccc(OCCCCCC)cc3)C=Cc3c4c(c5ccccc5c3O2)OC(c2ccc(OCCCCCC)cc2)(c2ccc(OCCCCCC)cc2)C=C4)cc1. The molecule has 2 heterocycles. The summed E-state index contributed by atoms with van der Waals surface area (Å²) < 4.78 is 40.0. The van der Waals surface area contributed by atoms with Crippen LogP contribution < -0.4 is 28.4 Å². The zero-order valence-electron chi connectivity index (χ0n) is 42.4. The van der Waals surface area contributed by atoms with Gasteiger partial charge in [-0.05, 0) is 98.5 Å². The van der Waals surface area contributed by atoms with Crippen molar-refractivity contribution in [2.75, 3.05) is 26.4 Å². The van der Waals surface area contributed by atoms with E-state index in [9.17, 15) is 0 Å². The topological polar surface area (TPSA) is 55.4 Å². The maximum absolute atomic E-state index is 7.57. The van der Waals surface area contributed by atoms with Gasteiger partial charge in [0.2, 0.25) is 0 Å². The van der Waals surface area contributed by atoms with Crippen LogP contribution in [0.1, 0.15) is 164 Å². The zero-order chi connectivity index (χ0) is 48.4. The van der Waals surface area contributed by atoms with Gasteiger partial charge in [0.1, 0.15) is 34.5 Å². The summed E-state index contributed by atoms with van der Waals surface area (Å²) in [5.41, 5.74) is 4.12. The summed E-state index contributed by atoms with van der Waals surface area (Å²) in [6, 6.07) is 42.3. The first-order chi connectivity index (χ1) is 34.5. The van der Waals surface area contributed by atoms with Gasteiger partial charge < -0.3 is 28.4 Å². The third-order valence-corrected chi connectivity index (χ3v) is 13.9. The van der Waals surface area contributed by atoms with Crippen molar-refractivity contribution in [3.8, 4) is 34.5 Å². The Bertz CT molecular complexity index is 2290. The number of ether oxygens (including phenoxy) is 6. The highest BCUT2D eigenvalue weighted by Crippen LogP contribution is 2.54. The maximum atomic E-state index is 7.57. The molecular weight excluding hydrogens is 865 g/mol. The quantitative estimate of drug-likeness (QED) is 0.0457. The van der Waals surface area contributed by atoms with Crippen molar-refractivity contribution in [3.05, 3.63) is 167 Å². The smallest absolute Gasteiger partial charge is 0.178 e. The van der Waals surface area contributed by atoms with Gasteiger partial charge in [-0.25, -0.2) is 0 Å². The first-order valence-electron chi connectivity index (χ1n) is 26.8. The van der Waals surface area contributed by atoms with Crippen molar-refractivity contribution in [1.82, 2.24) is 0 Å². The molecule has 6 heteroatoms. The van der Waals surface area contributed by atoms with Crippen LogP contribution in [0.25, 0.3) is 22.9 Å². The third-order valence-electron chi connectivity index (χ3n) is 13.9. The van der Waals surface area contributed by atoms with Crippen molar-refractivity contribution in [2.24, 2.45) is 0 Å². The molecule has 0 N–H and O–H groups in total. The Morgan fingerprint density at radius 1 is 0.329 bits per heavy atom. The summed E-state index contributed by atoms with van der Waals surface area (Å²) in [5.74, 6) is 5.07. The molecule has 0 bridgehead atoms. The molecule has 70 heavy (non-hydrogen) atoms. The first kappa shape index (κ1) is 50.3. The normalized spacial score (nSPS) is 14.1. The minimum Gasteiger partial charge on any atom is -0.494 e. The van der Waals surface area contributed by atoms with E-state index in [1.54, 1.807) is 0 Å². The van der Waals surface area contributed by atoms with E-state index in [1.807, 2.05) is 0 Å². The molecule has 6 aromatic carbocycles. The molecule has 0 spiro atoms. The summed E-state index contributed by atoms with van der Waals surface area (Å²) in [4.78, 5) is 0. The van der Waals surface area contributed by atoms with Gasteiger partial charge in [0, 0.05) is 44.2 Å². The molecule has 0 fully saturated rings. The average Bonchev–Trinajstić information content (AvgIpc) is 3.41. The molecule has 6 nitrogen and oxygen atoms in total. The number of fused-ring (bicyclic) bond motifs is 6. The Kier molecular flexibility index (Phi) is 18.0. The predicted octanol–water partition coefficient (Wildman–Crippen LogP) is 17.4. The van der Waals surface area contributed by atoms with E-state index in [0.717, 1.165) is 104 Å². The largest absolute Gasteiger partial charge is 0.494 e. The fourth-order valence-corrected chi connectivity index (χ4v) is 9.78. The van der Waals surface area contributed by atoms with E-state index < -0.39 is 11.2 Å². The molecule has 8 rings (SSSR count). The molecule has 0 atom stereocenters. The second-order valence-corrected chi connectivity index (χ2v) is 19.1. The summed E-state index contributed by atoms with van der Waals surface area (Å²) in [5, 5.41) is 1.96. The molecule has 0 unspecified atom stereocenters. The fourth-order valence-electron chi connectivity index (χ4n) is 9.78. The van der Waals surface area contributed by atoms with Crippen LogP contribution in [0.3, 0.4) is 0 Å². The lowest BCUT2D eigenvalue weighted by Gasteiger charge is -2.40. The lowest BCUT2D eigenvalue weighted by atomic mass is 9.80. The van der Waals surface area contributed by atoms with E-state index in [1.165, 1.54) is 77.0 Å². The number of hydrogen-bond donors (Lipinski definition) is 0. The molecule has 0 saturated carbocycles. The van der Waals surface area contributed by atoms with Gasteiger partial charge in [-0.15, -0.1) is 0 Å². The van der Waals surface area contributed by atoms with E-state index in [-0.39, 0.29) is 0 Å². The molecule has 368 valence electrons. The number of hydrogen-bond acceptors (Lipinski definition) is 6. The van der Waals surface area contributed by atoms with Gasteiger partial charge in [0.05, 0.1) is 26.4 Å². The van der Waals surface area contributed by atoms with E-state index >= 15 is 0 Å². The van der Waals surface area contributed by atoms with Crippen LogP contribution in [0.2, 0.25) is 0 Å². The van der Waals surface area contributed by atoms with Crippen molar-refractivity contribution >= 4 is 22.9 Å². The fraction of sp³-hybridized carbons (Fsp3) is 0.406. The summed E-state index contributed by atoms with van der Waals surface area (Å²) in [7, 11) is 0. The van der Waals surface area contributed by atoms with Crippen LogP contribution in [0.4, 0.5) is 0 Å². The minimum atomic E-state index is -0.939. The highest BCUT2D eigenvalue weighted by atomic mass is 16.5. The van der Waals surface area contributed by atoms with Crippen LogP contribution in [0.5, 0.6) is 34.5 Å².